The van der Waals surface area contributed by atoms with Crippen molar-refractivity contribution in [2.45, 2.75) is 39.4 Å². The van der Waals surface area contributed by atoms with Gasteiger partial charge >= 0.3 is 0 Å². The number of nitrogens with zero attached hydrogens (tertiary/aromatic N) is 3. The predicted molar refractivity (Wildman–Crippen MR) is 123 cm³/mol. The highest BCUT2D eigenvalue weighted by Gasteiger charge is 2.21. The van der Waals surface area contributed by atoms with Crippen LogP contribution in [0.4, 0.5) is 0 Å². The monoisotopic (exact) mass is 434 g/mol. The number of nitrogens with one attached hydrogen (secondary N) is 1. The van der Waals surface area contributed by atoms with Crippen LogP contribution < -0.4 is 5.32 Å². The molecule has 2 heterocycles. The molecule has 1 amide bonds. The molecule has 0 bridgehead atoms. The number of carbonyl (C=O) groups excluding carboxylic acids is 1. The standard InChI is InChI=1S/C25H30N4O3/c1-17-5-7-21(8-6-17)24-27-28-25(32-24)22-11-9-20(10-12-22)23(30)26-13-4-14-29-15-18(2)31-19(3)16-29/h5-12,18-19H,4,13-16H2,1-3H3,(H,26,30). The van der Waals surface area contributed by atoms with Crippen LogP contribution >= 0.6 is 0 Å². The first-order valence-electron chi connectivity index (χ1n) is 11.1. The van der Waals surface area contributed by atoms with Crippen molar-refractivity contribution in [3.63, 3.8) is 0 Å². The van der Waals surface area contributed by atoms with E-state index < -0.39 is 0 Å². The molecule has 0 aliphatic carbocycles. The molecule has 0 spiro atoms. The van der Waals surface area contributed by atoms with E-state index in [1.807, 2.05) is 43.3 Å². The lowest BCUT2D eigenvalue weighted by molar-refractivity contribution is -0.0679. The van der Waals surface area contributed by atoms with Crippen molar-refractivity contribution < 1.29 is 13.9 Å². The van der Waals surface area contributed by atoms with Gasteiger partial charge in [-0.25, -0.2) is 0 Å². The normalized spacial score (nSPS) is 19.1. The van der Waals surface area contributed by atoms with E-state index in [1.165, 1.54) is 5.56 Å². The van der Waals surface area contributed by atoms with Crippen molar-refractivity contribution in [2.24, 2.45) is 0 Å². The number of hydrogen-bond acceptors (Lipinski definition) is 6. The van der Waals surface area contributed by atoms with E-state index in [-0.39, 0.29) is 18.1 Å². The third-order valence-corrected chi connectivity index (χ3v) is 5.55. The molecule has 1 saturated heterocycles. The molecule has 0 radical (unpaired) electrons. The van der Waals surface area contributed by atoms with Gasteiger partial charge in [-0.3, -0.25) is 9.69 Å². The maximum absolute atomic E-state index is 12.5. The van der Waals surface area contributed by atoms with Gasteiger partial charge in [0.05, 0.1) is 12.2 Å². The first-order chi connectivity index (χ1) is 15.5. The second-order valence-electron chi connectivity index (χ2n) is 8.48. The summed E-state index contributed by atoms with van der Waals surface area (Å²) in [6, 6.07) is 15.2. The average molecular weight is 435 g/mol. The fourth-order valence-corrected chi connectivity index (χ4v) is 3.99. The summed E-state index contributed by atoms with van der Waals surface area (Å²) in [4.78, 5) is 14.9. The summed E-state index contributed by atoms with van der Waals surface area (Å²) < 4.78 is 11.6. The van der Waals surface area contributed by atoms with Gasteiger partial charge in [-0.15, -0.1) is 10.2 Å². The zero-order valence-corrected chi connectivity index (χ0v) is 18.9. The fourth-order valence-electron chi connectivity index (χ4n) is 3.99. The van der Waals surface area contributed by atoms with Crippen LogP contribution in [0.15, 0.2) is 52.9 Å². The van der Waals surface area contributed by atoms with Crippen LogP contribution in [0.3, 0.4) is 0 Å². The van der Waals surface area contributed by atoms with Crippen LogP contribution in [-0.4, -0.2) is 59.4 Å². The Labute approximate surface area is 188 Å². The van der Waals surface area contributed by atoms with Crippen LogP contribution in [0.2, 0.25) is 0 Å². The highest BCUT2D eigenvalue weighted by atomic mass is 16.5. The van der Waals surface area contributed by atoms with Gasteiger partial charge < -0.3 is 14.5 Å². The number of morpholine rings is 1. The van der Waals surface area contributed by atoms with E-state index in [4.69, 9.17) is 9.15 Å². The van der Waals surface area contributed by atoms with Crippen molar-refractivity contribution in [2.75, 3.05) is 26.2 Å². The summed E-state index contributed by atoms with van der Waals surface area (Å²) in [6.07, 6.45) is 1.44. The quantitative estimate of drug-likeness (QED) is 0.568. The number of hydrogen-bond donors (Lipinski definition) is 1. The zero-order valence-electron chi connectivity index (χ0n) is 18.9. The Morgan fingerprint density at radius 2 is 1.53 bits per heavy atom. The minimum absolute atomic E-state index is 0.0777. The first-order valence-corrected chi connectivity index (χ1v) is 11.1. The topological polar surface area (TPSA) is 80.5 Å². The highest BCUT2D eigenvalue weighted by Crippen LogP contribution is 2.24. The summed E-state index contributed by atoms with van der Waals surface area (Å²) in [5.41, 5.74) is 3.45. The van der Waals surface area contributed by atoms with Crippen molar-refractivity contribution in [1.82, 2.24) is 20.4 Å². The molecule has 1 fully saturated rings. The average Bonchev–Trinajstić information content (AvgIpc) is 3.27. The van der Waals surface area contributed by atoms with Crippen molar-refractivity contribution >= 4 is 5.91 Å². The minimum atomic E-state index is -0.0777. The Kier molecular flexibility index (Phi) is 6.97. The van der Waals surface area contributed by atoms with E-state index in [2.05, 4.69) is 34.3 Å². The number of amides is 1. The summed E-state index contributed by atoms with van der Waals surface area (Å²) in [5, 5.41) is 11.3. The van der Waals surface area contributed by atoms with Gasteiger partial charge in [-0.1, -0.05) is 17.7 Å². The van der Waals surface area contributed by atoms with Gasteiger partial charge in [0.15, 0.2) is 0 Å². The summed E-state index contributed by atoms with van der Waals surface area (Å²) in [6.45, 7) is 9.73. The van der Waals surface area contributed by atoms with E-state index in [1.54, 1.807) is 12.1 Å². The number of aryl methyl sites for hydroxylation is 1. The Balaban J connectivity index is 1.28. The van der Waals surface area contributed by atoms with E-state index >= 15 is 0 Å². The molecule has 7 heteroatoms. The molecule has 4 rings (SSSR count). The summed E-state index contributed by atoms with van der Waals surface area (Å²) >= 11 is 0. The number of carbonyl (C=O) groups is 1. The van der Waals surface area contributed by atoms with E-state index in [9.17, 15) is 4.79 Å². The van der Waals surface area contributed by atoms with Gasteiger partial charge in [-0.2, -0.15) is 0 Å². The van der Waals surface area contributed by atoms with Crippen LogP contribution in [-0.2, 0) is 4.74 Å². The molecule has 2 atom stereocenters. The predicted octanol–water partition coefficient (Wildman–Crippen LogP) is 3.94. The van der Waals surface area contributed by atoms with Crippen molar-refractivity contribution in [1.29, 1.82) is 0 Å². The summed E-state index contributed by atoms with van der Waals surface area (Å²) in [7, 11) is 0. The Morgan fingerprint density at radius 3 is 2.12 bits per heavy atom. The van der Waals surface area contributed by atoms with Gasteiger partial charge in [0.1, 0.15) is 0 Å². The molecule has 32 heavy (non-hydrogen) atoms. The van der Waals surface area contributed by atoms with E-state index in [0.29, 0.717) is 23.9 Å². The molecule has 168 valence electrons. The zero-order chi connectivity index (χ0) is 22.5. The number of benzene rings is 2. The molecular weight excluding hydrogens is 404 g/mol. The number of ether oxygens (including phenoxy) is 1. The van der Waals surface area contributed by atoms with Crippen LogP contribution in [0.25, 0.3) is 22.9 Å². The number of aromatic nitrogens is 2. The third-order valence-electron chi connectivity index (χ3n) is 5.55. The molecule has 0 saturated carbocycles. The second-order valence-corrected chi connectivity index (χ2v) is 8.48. The number of rotatable bonds is 7. The molecule has 1 aliphatic rings. The SMILES string of the molecule is Cc1ccc(-c2nnc(-c3ccc(C(=O)NCCCN4CC(C)OC(C)C4)cc3)o2)cc1. The molecule has 2 unspecified atom stereocenters. The first kappa shape index (κ1) is 22.2. The smallest absolute Gasteiger partial charge is 0.251 e. The van der Waals surface area contributed by atoms with Gasteiger partial charge in [0.2, 0.25) is 11.8 Å². The Bertz CT molecular complexity index is 1020. The van der Waals surface area contributed by atoms with Gasteiger partial charge in [-0.05, 0) is 63.6 Å². The van der Waals surface area contributed by atoms with Gasteiger partial charge in [0.25, 0.3) is 5.91 Å². The molecule has 7 nitrogen and oxygen atoms in total. The Hall–Kier alpha value is -3.03. The lowest BCUT2D eigenvalue weighted by atomic mass is 10.1. The lowest BCUT2D eigenvalue weighted by Gasteiger charge is -2.35. The maximum atomic E-state index is 12.5. The lowest BCUT2D eigenvalue weighted by Crippen LogP contribution is -2.46. The molecule has 2 aromatic carbocycles. The third kappa shape index (κ3) is 5.60. The van der Waals surface area contributed by atoms with Crippen LogP contribution in [0.1, 0.15) is 36.2 Å². The fraction of sp³-hybridized carbons (Fsp3) is 0.400. The summed E-state index contributed by atoms with van der Waals surface area (Å²) in [5.74, 6) is 0.832. The minimum Gasteiger partial charge on any atom is -0.416 e. The Morgan fingerprint density at radius 1 is 0.969 bits per heavy atom. The molecule has 3 aromatic rings. The molecule has 1 aromatic heterocycles. The van der Waals surface area contributed by atoms with E-state index in [0.717, 1.165) is 37.2 Å². The molecular formula is C25H30N4O3. The maximum Gasteiger partial charge on any atom is 0.251 e. The van der Waals surface area contributed by atoms with Crippen molar-refractivity contribution in [3.8, 4) is 22.9 Å². The highest BCUT2D eigenvalue weighted by molar-refractivity contribution is 5.94. The van der Waals surface area contributed by atoms with Crippen molar-refractivity contribution in [3.05, 3.63) is 59.7 Å². The van der Waals surface area contributed by atoms with Crippen LogP contribution in [0, 0.1) is 6.92 Å². The van der Waals surface area contributed by atoms with Crippen LogP contribution in [0.5, 0.6) is 0 Å². The molecule has 1 aliphatic heterocycles. The van der Waals surface area contributed by atoms with Gasteiger partial charge in [0, 0.05) is 42.9 Å². The molecule has 1 N–H and O–H groups in total. The largest absolute Gasteiger partial charge is 0.416 e. The second kappa shape index (κ2) is 10.1.